The Bertz CT molecular complexity index is 1040. The maximum Gasteiger partial charge on any atom is 0.255 e. The minimum atomic E-state index is -0.874. The number of aliphatic hydroxyl groups excluding tert-OH is 1. The van der Waals surface area contributed by atoms with E-state index in [1.54, 1.807) is 17.2 Å². The maximum atomic E-state index is 13.0. The summed E-state index contributed by atoms with van der Waals surface area (Å²) < 4.78 is 4.95. The van der Waals surface area contributed by atoms with E-state index in [1.165, 1.54) is 34.9 Å². The molecule has 0 radical (unpaired) electrons. The molecule has 3 aromatic rings. The van der Waals surface area contributed by atoms with Gasteiger partial charge in [0, 0.05) is 44.0 Å². The number of hydrogen-bond acceptors (Lipinski definition) is 7. The number of carbonyl (C=O) groups is 2. The fourth-order valence-corrected chi connectivity index (χ4v) is 4.07. The summed E-state index contributed by atoms with van der Waals surface area (Å²) in [5.41, 5.74) is 0.783. The number of nitrogens with zero attached hydrogens (tertiary/aromatic N) is 4. The molecule has 0 saturated carbocycles. The van der Waals surface area contributed by atoms with Crippen molar-refractivity contribution in [3.8, 4) is 5.75 Å². The SMILES string of the molecule is O=C(c1cncc(O)c1)N1CCN(C(=O)c2cccc3cnsc23)CC(O)C1. The van der Waals surface area contributed by atoms with Gasteiger partial charge in [0.05, 0.1) is 28.1 Å². The number of β-amino-alcohol motifs (C(OH)–C–C–N with tert-alkyl or cyclic N) is 1. The van der Waals surface area contributed by atoms with E-state index >= 15 is 0 Å². The molecule has 1 aliphatic rings. The quantitative estimate of drug-likeness (QED) is 0.675. The van der Waals surface area contributed by atoms with Crippen LogP contribution in [0.15, 0.2) is 42.9 Å². The van der Waals surface area contributed by atoms with Crippen molar-refractivity contribution in [3.63, 3.8) is 0 Å². The van der Waals surface area contributed by atoms with E-state index in [-0.39, 0.29) is 42.8 Å². The molecule has 3 heterocycles. The van der Waals surface area contributed by atoms with Crippen molar-refractivity contribution in [2.75, 3.05) is 26.2 Å². The molecule has 1 unspecified atom stereocenters. The van der Waals surface area contributed by atoms with Crippen LogP contribution >= 0.6 is 11.5 Å². The molecule has 2 aromatic heterocycles. The second-order valence-electron chi connectivity index (χ2n) is 6.64. The van der Waals surface area contributed by atoms with Gasteiger partial charge in [-0.25, -0.2) is 0 Å². The summed E-state index contributed by atoms with van der Waals surface area (Å²) >= 11 is 1.26. The standard InChI is InChI=1S/C19H18N4O4S/c24-14-6-13(7-20-9-14)18(26)22-4-5-23(11-15(25)10-22)19(27)16-3-1-2-12-8-21-28-17(12)16/h1-3,6-9,15,24-25H,4-5,10-11H2. The molecule has 1 aromatic carbocycles. The summed E-state index contributed by atoms with van der Waals surface area (Å²) in [7, 11) is 0. The van der Waals surface area contributed by atoms with Gasteiger partial charge >= 0.3 is 0 Å². The summed E-state index contributed by atoms with van der Waals surface area (Å²) in [6, 6.07) is 6.79. The fraction of sp³-hybridized carbons (Fsp3) is 0.263. The smallest absolute Gasteiger partial charge is 0.255 e. The summed E-state index contributed by atoms with van der Waals surface area (Å²) in [5, 5.41) is 20.8. The lowest BCUT2D eigenvalue weighted by Gasteiger charge is -2.22. The third kappa shape index (κ3) is 3.54. The molecular formula is C19H18N4O4S. The molecule has 0 aliphatic carbocycles. The van der Waals surface area contributed by atoms with Crippen molar-refractivity contribution in [2.45, 2.75) is 6.10 Å². The van der Waals surface area contributed by atoms with Crippen LogP contribution in [0.1, 0.15) is 20.7 Å². The molecule has 1 fully saturated rings. The lowest BCUT2D eigenvalue weighted by Crippen LogP contribution is -2.37. The first kappa shape index (κ1) is 18.3. The van der Waals surface area contributed by atoms with Crippen molar-refractivity contribution in [1.29, 1.82) is 0 Å². The van der Waals surface area contributed by atoms with Crippen LogP contribution < -0.4 is 0 Å². The highest BCUT2D eigenvalue weighted by molar-refractivity contribution is 7.13. The number of hydrogen-bond donors (Lipinski definition) is 2. The number of aliphatic hydroxyl groups is 1. The minimum absolute atomic E-state index is 0.100. The Kier molecular flexibility index (Phi) is 4.93. The first-order chi connectivity index (χ1) is 13.5. The molecule has 2 N–H and O–H groups in total. The number of benzene rings is 1. The van der Waals surface area contributed by atoms with Crippen molar-refractivity contribution in [3.05, 3.63) is 54.0 Å². The molecule has 0 spiro atoms. The number of aromatic hydroxyl groups is 1. The van der Waals surface area contributed by atoms with Crippen LogP contribution in [0.4, 0.5) is 0 Å². The molecule has 1 aliphatic heterocycles. The number of pyridine rings is 1. The lowest BCUT2D eigenvalue weighted by molar-refractivity contribution is 0.0632. The van der Waals surface area contributed by atoms with Crippen LogP contribution in [0.3, 0.4) is 0 Å². The number of rotatable bonds is 2. The summed E-state index contributed by atoms with van der Waals surface area (Å²) in [6.07, 6.45) is 3.46. The van der Waals surface area contributed by atoms with Crippen LogP contribution in [0.25, 0.3) is 10.1 Å². The topological polar surface area (TPSA) is 107 Å². The van der Waals surface area contributed by atoms with E-state index in [2.05, 4.69) is 9.36 Å². The molecule has 2 amide bonds. The average Bonchev–Trinajstić information content (AvgIpc) is 3.09. The first-order valence-electron chi connectivity index (χ1n) is 8.77. The Labute approximate surface area is 164 Å². The molecule has 144 valence electrons. The normalized spacial score (nSPS) is 17.5. The largest absolute Gasteiger partial charge is 0.506 e. The molecule has 28 heavy (non-hydrogen) atoms. The van der Waals surface area contributed by atoms with E-state index in [0.29, 0.717) is 12.1 Å². The van der Waals surface area contributed by atoms with Gasteiger partial charge in [-0.15, -0.1) is 0 Å². The van der Waals surface area contributed by atoms with E-state index in [4.69, 9.17) is 0 Å². The first-order valence-corrected chi connectivity index (χ1v) is 9.54. The molecular weight excluding hydrogens is 380 g/mol. The number of carbonyl (C=O) groups excluding carboxylic acids is 2. The predicted octanol–water partition coefficient (Wildman–Crippen LogP) is 1.36. The van der Waals surface area contributed by atoms with Gasteiger partial charge in [0.2, 0.25) is 0 Å². The van der Waals surface area contributed by atoms with Gasteiger partial charge in [0.15, 0.2) is 0 Å². The Balaban J connectivity index is 1.53. The van der Waals surface area contributed by atoms with Gasteiger partial charge in [-0.3, -0.25) is 14.6 Å². The van der Waals surface area contributed by atoms with E-state index in [1.807, 2.05) is 12.1 Å². The van der Waals surface area contributed by atoms with Gasteiger partial charge in [-0.05, 0) is 23.7 Å². The van der Waals surface area contributed by atoms with E-state index < -0.39 is 6.10 Å². The molecule has 4 rings (SSSR count). The van der Waals surface area contributed by atoms with Gasteiger partial charge in [-0.1, -0.05) is 12.1 Å². The maximum absolute atomic E-state index is 13.0. The monoisotopic (exact) mass is 398 g/mol. The minimum Gasteiger partial charge on any atom is -0.506 e. The van der Waals surface area contributed by atoms with Gasteiger partial charge in [0.25, 0.3) is 11.8 Å². The highest BCUT2D eigenvalue weighted by atomic mass is 32.1. The van der Waals surface area contributed by atoms with Crippen molar-refractivity contribution in [2.24, 2.45) is 0 Å². The second kappa shape index (κ2) is 7.53. The molecule has 8 nitrogen and oxygen atoms in total. The third-order valence-corrected chi connectivity index (χ3v) is 5.51. The lowest BCUT2D eigenvalue weighted by atomic mass is 10.1. The van der Waals surface area contributed by atoms with Gasteiger partial charge in [0.1, 0.15) is 5.75 Å². The van der Waals surface area contributed by atoms with Crippen LogP contribution in [-0.4, -0.2) is 73.5 Å². The van der Waals surface area contributed by atoms with Crippen molar-refractivity contribution in [1.82, 2.24) is 19.2 Å². The fourth-order valence-electron chi connectivity index (χ4n) is 3.32. The zero-order chi connectivity index (χ0) is 19.7. The van der Waals surface area contributed by atoms with Crippen LogP contribution in [0, 0.1) is 0 Å². The number of amides is 2. The predicted molar refractivity (Wildman–Crippen MR) is 103 cm³/mol. The zero-order valence-corrected chi connectivity index (χ0v) is 15.7. The summed E-state index contributed by atoms with van der Waals surface area (Å²) in [5.74, 6) is -0.640. The van der Waals surface area contributed by atoms with Gasteiger partial charge < -0.3 is 20.0 Å². The second-order valence-corrected chi connectivity index (χ2v) is 7.44. The highest BCUT2D eigenvalue weighted by Crippen LogP contribution is 2.24. The highest BCUT2D eigenvalue weighted by Gasteiger charge is 2.29. The Hall–Kier alpha value is -3.04. The van der Waals surface area contributed by atoms with Crippen molar-refractivity contribution >= 4 is 33.4 Å². The Morgan fingerprint density at radius 1 is 1.07 bits per heavy atom. The van der Waals surface area contributed by atoms with E-state index in [0.717, 1.165) is 10.1 Å². The number of fused-ring (bicyclic) bond motifs is 1. The third-order valence-electron chi connectivity index (χ3n) is 4.66. The average molecular weight is 398 g/mol. The Morgan fingerprint density at radius 3 is 2.57 bits per heavy atom. The molecule has 9 heteroatoms. The van der Waals surface area contributed by atoms with Crippen LogP contribution in [-0.2, 0) is 0 Å². The van der Waals surface area contributed by atoms with Gasteiger partial charge in [-0.2, -0.15) is 4.37 Å². The van der Waals surface area contributed by atoms with Crippen LogP contribution in [0.5, 0.6) is 5.75 Å². The van der Waals surface area contributed by atoms with Crippen molar-refractivity contribution < 1.29 is 19.8 Å². The molecule has 1 atom stereocenters. The summed E-state index contributed by atoms with van der Waals surface area (Å²) in [4.78, 5) is 32.6. The summed E-state index contributed by atoms with van der Waals surface area (Å²) in [6.45, 7) is 0.804. The zero-order valence-electron chi connectivity index (χ0n) is 14.9. The number of aromatic nitrogens is 2. The van der Waals surface area contributed by atoms with Crippen LogP contribution in [0.2, 0.25) is 0 Å². The molecule has 1 saturated heterocycles. The molecule has 0 bridgehead atoms. The van der Waals surface area contributed by atoms with E-state index in [9.17, 15) is 19.8 Å². The Morgan fingerprint density at radius 2 is 1.82 bits per heavy atom.